The van der Waals surface area contributed by atoms with Crippen molar-refractivity contribution in [2.45, 2.75) is 11.9 Å². The fourth-order valence-corrected chi connectivity index (χ4v) is 4.58. The van der Waals surface area contributed by atoms with E-state index in [9.17, 15) is 9.59 Å². The molecule has 1 aliphatic rings. The minimum Gasteiger partial charge on any atom is -0.378 e. The lowest BCUT2D eigenvalue weighted by atomic mass is 10.2. The minimum absolute atomic E-state index is 0.0833. The van der Waals surface area contributed by atoms with Crippen LogP contribution >= 0.6 is 23.1 Å². The van der Waals surface area contributed by atoms with Gasteiger partial charge in [-0.05, 0) is 30.0 Å². The largest absolute Gasteiger partial charge is 0.378 e. The van der Waals surface area contributed by atoms with Gasteiger partial charge in [0.05, 0.1) is 13.2 Å². The Balaban J connectivity index is 1.58. The summed E-state index contributed by atoms with van der Waals surface area (Å²) in [6, 6.07) is 7.64. The number of thiazole rings is 1. The average Bonchev–Trinajstić information content (AvgIpc) is 3.18. The van der Waals surface area contributed by atoms with Crippen LogP contribution in [0, 0.1) is 0 Å². The molecular weight excluding hydrogens is 396 g/mol. The zero-order chi connectivity index (χ0) is 19.5. The van der Waals surface area contributed by atoms with Crippen molar-refractivity contribution in [2.24, 2.45) is 0 Å². The summed E-state index contributed by atoms with van der Waals surface area (Å²) in [5, 5.41) is 5.10. The molecule has 146 valence electrons. The maximum atomic E-state index is 12.9. The van der Waals surface area contributed by atoms with E-state index in [1.807, 2.05) is 31.2 Å². The molecule has 0 aliphatic carbocycles. The van der Waals surface area contributed by atoms with Crippen LogP contribution in [0.2, 0.25) is 0 Å². The second-order valence-corrected chi connectivity index (χ2v) is 8.31. The quantitative estimate of drug-likeness (QED) is 0.509. The molecule has 9 heteroatoms. The van der Waals surface area contributed by atoms with Crippen molar-refractivity contribution < 1.29 is 9.53 Å². The number of carbonyl (C=O) groups excluding carboxylic acids is 1. The first kappa shape index (κ1) is 19.0. The van der Waals surface area contributed by atoms with E-state index in [2.05, 4.69) is 15.2 Å². The number of fused-ring (bicyclic) bond motifs is 1. The lowest BCUT2D eigenvalue weighted by Gasteiger charge is -2.28. The zero-order valence-corrected chi connectivity index (χ0v) is 17.0. The van der Waals surface area contributed by atoms with E-state index in [0.717, 1.165) is 37.7 Å². The van der Waals surface area contributed by atoms with Crippen LogP contribution in [-0.2, 0) is 4.74 Å². The number of hydrogen-bond donors (Lipinski definition) is 1. The number of ether oxygens (including phenoxy) is 1. The number of morpholine rings is 1. The van der Waals surface area contributed by atoms with Gasteiger partial charge in [-0.25, -0.2) is 4.98 Å². The lowest BCUT2D eigenvalue weighted by Crippen LogP contribution is -2.36. The maximum Gasteiger partial charge on any atom is 0.272 e. The standard InChI is InChI=1S/C19H20N4O3S2/c1-2-27-17-15(18(25)23-9-12-28-19(23)21-17)16(24)20-13-3-5-14(6-4-13)22-7-10-26-11-8-22/h3-6,9,12H,2,7-8,10-11H2,1H3,(H,20,24). The summed E-state index contributed by atoms with van der Waals surface area (Å²) in [7, 11) is 0. The Hall–Kier alpha value is -2.36. The molecule has 0 radical (unpaired) electrons. The SMILES string of the molecule is CCSc1nc2sccn2c(=O)c1C(=O)Nc1ccc(N2CCOCC2)cc1. The summed E-state index contributed by atoms with van der Waals surface area (Å²) in [5.41, 5.74) is 1.47. The molecule has 1 N–H and O–H groups in total. The number of benzene rings is 1. The summed E-state index contributed by atoms with van der Waals surface area (Å²) in [5.74, 6) is 0.288. The van der Waals surface area contributed by atoms with Crippen LogP contribution < -0.4 is 15.8 Å². The van der Waals surface area contributed by atoms with Crippen LogP contribution in [0.4, 0.5) is 11.4 Å². The second-order valence-electron chi connectivity index (χ2n) is 6.19. The molecule has 2 aromatic heterocycles. The van der Waals surface area contributed by atoms with Crippen molar-refractivity contribution in [3.63, 3.8) is 0 Å². The fourth-order valence-electron chi connectivity index (χ4n) is 3.07. The maximum absolute atomic E-state index is 12.9. The van der Waals surface area contributed by atoms with Gasteiger partial charge in [-0.15, -0.1) is 23.1 Å². The van der Waals surface area contributed by atoms with Crippen molar-refractivity contribution in [1.29, 1.82) is 0 Å². The van der Waals surface area contributed by atoms with E-state index < -0.39 is 5.91 Å². The third kappa shape index (κ3) is 3.78. The molecule has 4 rings (SSSR count). The molecule has 1 aliphatic heterocycles. The number of amides is 1. The molecule has 3 heterocycles. The number of anilines is 2. The van der Waals surface area contributed by atoms with Gasteiger partial charge < -0.3 is 15.0 Å². The smallest absolute Gasteiger partial charge is 0.272 e. The topological polar surface area (TPSA) is 75.9 Å². The van der Waals surface area contributed by atoms with Crippen molar-refractivity contribution in [3.8, 4) is 0 Å². The predicted molar refractivity (Wildman–Crippen MR) is 113 cm³/mol. The fraction of sp³-hybridized carbons (Fsp3) is 0.316. The number of carbonyl (C=O) groups is 1. The Labute approximate surface area is 170 Å². The summed E-state index contributed by atoms with van der Waals surface area (Å²) in [4.78, 5) is 33.0. The highest BCUT2D eigenvalue weighted by Gasteiger charge is 2.21. The number of aromatic nitrogens is 2. The molecule has 1 aromatic carbocycles. The molecule has 3 aromatic rings. The van der Waals surface area contributed by atoms with Crippen LogP contribution in [0.25, 0.3) is 4.96 Å². The normalized spacial score (nSPS) is 14.4. The van der Waals surface area contributed by atoms with Crippen LogP contribution in [0.15, 0.2) is 45.7 Å². The van der Waals surface area contributed by atoms with Gasteiger partial charge in [0.25, 0.3) is 11.5 Å². The Morgan fingerprint density at radius 2 is 2.04 bits per heavy atom. The van der Waals surface area contributed by atoms with Gasteiger partial charge >= 0.3 is 0 Å². The molecule has 0 saturated carbocycles. The van der Waals surface area contributed by atoms with Crippen molar-refractivity contribution >= 4 is 45.3 Å². The minimum atomic E-state index is -0.437. The van der Waals surface area contributed by atoms with Crippen molar-refractivity contribution in [1.82, 2.24) is 9.38 Å². The van der Waals surface area contributed by atoms with Gasteiger partial charge in [0.1, 0.15) is 10.6 Å². The molecule has 7 nitrogen and oxygen atoms in total. The number of nitrogens with zero attached hydrogens (tertiary/aromatic N) is 3. The molecule has 1 fully saturated rings. The van der Waals surface area contributed by atoms with Crippen molar-refractivity contribution in [3.05, 3.63) is 51.8 Å². The van der Waals surface area contributed by atoms with E-state index in [0.29, 0.717) is 15.7 Å². The molecule has 0 atom stereocenters. The van der Waals surface area contributed by atoms with Gasteiger partial charge in [-0.3, -0.25) is 14.0 Å². The molecule has 0 unspecified atom stereocenters. The van der Waals surface area contributed by atoms with E-state index in [1.54, 1.807) is 11.6 Å². The van der Waals surface area contributed by atoms with E-state index in [-0.39, 0.29) is 11.1 Å². The number of nitrogens with one attached hydrogen (secondary N) is 1. The Morgan fingerprint density at radius 3 is 2.75 bits per heavy atom. The Kier molecular flexibility index (Phi) is 5.65. The third-order valence-electron chi connectivity index (χ3n) is 4.44. The van der Waals surface area contributed by atoms with Gasteiger partial charge in [0.2, 0.25) is 0 Å². The molecule has 28 heavy (non-hydrogen) atoms. The van der Waals surface area contributed by atoms with E-state index >= 15 is 0 Å². The molecule has 0 bridgehead atoms. The van der Waals surface area contributed by atoms with Gasteiger partial charge in [0, 0.05) is 36.0 Å². The van der Waals surface area contributed by atoms with Crippen LogP contribution in [0.1, 0.15) is 17.3 Å². The number of thioether (sulfide) groups is 1. The second kappa shape index (κ2) is 8.34. The first-order valence-electron chi connectivity index (χ1n) is 9.04. The van der Waals surface area contributed by atoms with Crippen LogP contribution in [0.5, 0.6) is 0 Å². The number of rotatable bonds is 5. The van der Waals surface area contributed by atoms with Gasteiger partial charge in [-0.1, -0.05) is 6.92 Å². The zero-order valence-electron chi connectivity index (χ0n) is 15.4. The highest BCUT2D eigenvalue weighted by Crippen LogP contribution is 2.23. The third-order valence-corrected chi connectivity index (χ3v) is 6.06. The highest BCUT2D eigenvalue weighted by molar-refractivity contribution is 7.99. The van der Waals surface area contributed by atoms with Gasteiger partial charge in [-0.2, -0.15) is 0 Å². The Morgan fingerprint density at radius 1 is 1.29 bits per heavy atom. The summed E-state index contributed by atoms with van der Waals surface area (Å²) < 4.78 is 6.79. The molecule has 1 saturated heterocycles. The monoisotopic (exact) mass is 416 g/mol. The predicted octanol–water partition coefficient (Wildman–Crippen LogP) is 2.96. The van der Waals surface area contributed by atoms with Crippen molar-refractivity contribution in [2.75, 3.05) is 42.3 Å². The highest BCUT2D eigenvalue weighted by atomic mass is 32.2. The van der Waals surface area contributed by atoms with Crippen LogP contribution in [0.3, 0.4) is 0 Å². The van der Waals surface area contributed by atoms with E-state index in [1.165, 1.54) is 27.5 Å². The lowest BCUT2D eigenvalue weighted by molar-refractivity contribution is 0.102. The summed E-state index contributed by atoms with van der Waals surface area (Å²) >= 11 is 2.77. The first-order chi connectivity index (χ1) is 13.7. The molecule has 1 amide bonds. The Bertz CT molecular complexity index is 1040. The van der Waals surface area contributed by atoms with Crippen LogP contribution in [-0.4, -0.2) is 47.3 Å². The summed E-state index contributed by atoms with van der Waals surface area (Å²) in [6.07, 6.45) is 1.64. The molecular formula is C19H20N4O3S2. The number of hydrogen-bond acceptors (Lipinski definition) is 7. The average molecular weight is 417 g/mol. The molecule has 0 spiro atoms. The first-order valence-corrected chi connectivity index (χ1v) is 10.9. The van der Waals surface area contributed by atoms with E-state index in [4.69, 9.17) is 4.74 Å². The van der Waals surface area contributed by atoms with Gasteiger partial charge in [0.15, 0.2) is 4.96 Å². The summed E-state index contributed by atoms with van der Waals surface area (Å²) in [6.45, 7) is 5.12.